The Hall–Kier alpha value is -2.86. The first-order valence-electron chi connectivity index (χ1n) is 14.7. The van der Waals surface area contributed by atoms with Crippen molar-refractivity contribution in [1.29, 1.82) is 0 Å². The molecule has 2 aliphatic rings. The number of nitrogens with zero attached hydrogens (tertiary/aromatic N) is 1. The van der Waals surface area contributed by atoms with Crippen LogP contribution in [0.25, 0.3) is 0 Å². The van der Waals surface area contributed by atoms with Gasteiger partial charge in [-0.05, 0) is 105 Å². The lowest BCUT2D eigenvalue weighted by Gasteiger charge is -2.25. The Morgan fingerprint density at radius 1 is 1.03 bits per heavy atom. The number of carbonyl (C=O) groups excluding carboxylic acids is 2. The van der Waals surface area contributed by atoms with Crippen molar-refractivity contribution in [3.63, 3.8) is 0 Å². The van der Waals surface area contributed by atoms with E-state index in [-0.39, 0.29) is 11.7 Å². The normalized spacial score (nSPS) is 18.5. The third kappa shape index (κ3) is 8.82. The largest absolute Gasteiger partial charge is 0.497 e. The van der Waals surface area contributed by atoms with Gasteiger partial charge in [0.2, 0.25) is 0 Å². The molecule has 6 nitrogen and oxygen atoms in total. The molecule has 0 amide bonds. The van der Waals surface area contributed by atoms with Gasteiger partial charge in [0.1, 0.15) is 24.7 Å². The molecule has 2 aromatic carbocycles. The molecule has 3 atom stereocenters. The summed E-state index contributed by atoms with van der Waals surface area (Å²) in [5.74, 6) is 4.05. The van der Waals surface area contributed by atoms with Gasteiger partial charge in [-0.2, -0.15) is 0 Å². The molecule has 1 fully saturated rings. The second kappa shape index (κ2) is 14.5. The monoisotopic (exact) mass is 535 g/mol. The van der Waals surface area contributed by atoms with E-state index in [0.29, 0.717) is 43.3 Å². The second-order valence-corrected chi connectivity index (χ2v) is 11.5. The average molecular weight is 536 g/mol. The fourth-order valence-corrected chi connectivity index (χ4v) is 5.83. The van der Waals surface area contributed by atoms with Crippen molar-refractivity contribution >= 4 is 11.6 Å². The lowest BCUT2D eigenvalue weighted by Crippen LogP contribution is -2.25. The molecule has 0 saturated carbocycles. The molecule has 2 aliphatic heterocycles. The number of carbonyl (C=O) groups is 2. The van der Waals surface area contributed by atoms with Crippen molar-refractivity contribution in [2.24, 2.45) is 17.8 Å². The first kappa shape index (κ1) is 29.1. The Balaban J connectivity index is 1.26. The van der Waals surface area contributed by atoms with Crippen molar-refractivity contribution < 1.29 is 23.8 Å². The van der Waals surface area contributed by atoms with Gasteiger partial charge in [-0.25, -0.2) is 0 Å². The van der Waals surface area contributed by atoms with Crippen molar-refractivity contribution in [2.45, 2.75) is 65.2 Å². The molecule has 3 unspecified atom stereocenters. The summed E-state index contributed by atoms with van der Waals surface area (Å²) in [6.07, 6.45) is 6.69. The van der Waals surface area contributed by atoms with E-state index in [2.05, 4.69) is 30.9 Å². The zero-order chi connectivity index (χ0) is 27.6. The number of fused-ring (bicyclic) bond motifs is 1. The Morgan fingerprint density at radius 2 is 1.77 bits per heavy atom. The standard InChI is InChI=1S/C33H45NO5/c1-24-14-16-34(23-24)17-15-27(21-26-8-13-32-33(22-26)39-19-18-38-32)20-25(2)30(35)6-4-5-7-31(36)28-9-11-29(37-3)12-10-28/h8-13,22,24-25,27H,4-7,14-21,23H2,1-3H3. The number of rotatable bonds is 15. The maximum atomic E-state index is 13.1. The molecule has 4 rings (SSSR count). The summed E-state index contributed by atoms with van der Waals surface area (Å²) < 4.78 is 16.7. The van der Waals surface area contributed by atoms with Gasteiger partial charge in [-0.15, -0.1) is 0 Å². The number of unbranched alkanes of at least 4 members (excludes halogenated alkanes) is 1. The van der Waals surface area contributed by atoms with Gasteiger partial charge < -0.3 is 19.1 Å². The molecule has 0 bridgehead atoms. The smallest absolute Gasteiger partial charge is 0.162 e. The van der Waals surface area contributed by atoms with Crippen LogP contribution in [0.4, 0.5) is 0 Å². The quantitative estimate of drug-likeness (QED) is 0.194. The number of methoxy groups -OCH3 is 1. The van der Waals surface area contributed by atoms with Crippen LogP contribution in [0.1, 0.15) is 74.7 Å². The Labute approximate surface area is 234 Å². The van der Waals surface area contributed by atoms with Crippen LogP contribution >= 0.6 is 0 Å². The number of Topliss-reactive ketones (excluding diaryl/α,β-unsaturated/α-hetero) is 2. The third-order valence-electron chi connectivity index (χ3n) is 8.22. The summed E-state index contributed by atoms with van der Waals surface area (Å²) in [4.78, 5) is 28.1. The van der Waals surface area contributed by atoms with E-state index in [0.717, 1.165) is 61.8 Å². The number of hydrogen-bond acceptors (Lipinski definition) is 6. The van der Waals surface area contributed by atoms with Crippen molar-refractivity contribution in [1.82, 2.24) is 4.90 Å². The molecule has 0 N–H and O–H groups in total. The summed E-state index contributed by atoms with van der Waals surface area (Å²) in [6, 6.07) is 13.5. The number of likely N-dealkylation sites (tertiary alicyclic amines) is 1. The van der Waals surface area contributed by atoms with E-state index in [4.69, 9.17) is 14.2 Å². The highest BCUT2D eigenvalue weighted by molar-refractivity contribution is 5.96. The van der Waals surface area contributed by atoms with Crippen molar-refractivity contribution in [3.05, 3.63) is 53.6 Å². The highest BCUT2D eigenvalue weighted by atomic mass is 16.6. The van der Waals surface area contributed by atoms with Crippen LogP contribution in [0.3, 0.4) is 0 Å². The minimum Gasteiger partial charge on any atom is -0.497 e. The molecule has 1 saturated heterocycles. The Morgan fingerprint density at radius 3 is 2.49 bits per heavy atom. The fourth-order valence-electron chi connectivity index (χ4n) is 5.83. The van der Waals surface area contributed by atoms with Crippen LogP contribution < -0.4 is 14.2 Å². The predicted molar refractivity (Wildman–Crippen MR) is 154 cm³/mol. The lowest BCUT2D eigenvalue weighted by molar-refractivity contribution is -0.123. The Kier molecular flexibility index (Phi) is 10.8. The van der Waals surface area contributed by atoms with E-state index in [9.17, 15) is 9.59 Å². The molecular formula is C33H45NO5. The van der Waals surface area contributed by atoms with Gasteiger partial charge in [0.05, 0.1) is 7.11 Å². The molecule has 2 heterocycles. The zero-order valence-corrected chi connectivity index (χ0v) is 24.0. The van der Waals surface area contributed by atoms with E-state index in [1.807, 2.05) is 18.2 Å². The fraction of sp³-hybridized carbons (Fsp3) is 0.576. The first-order chi connectivity index (χ1) is 18.9. The minimum atomic E-state index is 0.0157. The maximum Gasteiger partial charge on any atom is 0.162 e. The van der Waals surface area contributed by atoms with Crippen LogP contribution in [0.2, 0.25) is 0 Å². The summed E-state index contributed by atoms with van der Waals surface area (Å²) in [7, 11) is 1.61. The van der Waals surface area contributed by atoms with Crippen LogP contribution in [0.15, 0.2) is 42.5 Å². The van der Waals surface area contributed by atoms with Gasteiger partial charge in [0.15, 0.2) is 17.3 Å². The SMILES string of the molecule is COc1ccc(C(=O)CCCCC(=O)C(C)CC(CCN2CCC(C)C2)Cc2ccc3c(c2)OCCO3)cc1. The van der Waals surface area contributed by atoms with Crippen molar-refractivity contribution in [3.8, 4) is 17.2 Å². The topological polar surface area (TPSA) is 65.1 Å². The van der Waals surface area contributed by atoms with E-state index < -0.39 is 0 Å². The highest BCUT2D eigenvalue weighted by Crippen LogP contribution is 2.33. The molecular weight excluding hydrogens is 490 g/mol. The molecule has 2 aromatic rings. The maximum absolute atomic E-state index is 13.1. The number of hydrogen-bond donors (Lipinski definition) is 0. The van der Waals surface area contributed by atoms with Crippen molar-refractivity contribution in [2.75, 3.05) is 40.0 Å². The summed E-state index contributed by atoms with van der Waals surface area (Å²) in [6.45, 7) is 9.05. The van der Waals surface area contributed by atoms with Crippen LogP contribution in [0, 0.1) is 17.8 Å². The van der Waals surface area contributed by atoms with Crippen LogP contribution in [-0.2, 0) is 11.2 Å². The van der Waals surface area contributed by atoms with Gasteiger partial charge >= 0.3 is 0 Å². The average Bonchev–Trinajstić information content (AvgIpc) is 3.38. The van der Waals surface area contributed by atoms with E-state index in [1.54, 1.807) is 19.2 Å². The van der Waals surface area contributed by atoms with Gasteiger partial charge in [0.25, 0.3) is 0 Å². The van der Waals surface area contributed by atoms with Crippen LogP contribution in [-0.4, -0.2) is 56.4 Å². The lowest BCUT2D eigenvalue weighted by atomic mass is 9.85. The molecule has 39 heavy (non-hydrogen) atoms. The number of ether oxygens (including phenoxy) is 3. The first-order valence-corrected chi connectivity index (χ1v) is 14.7. The van der Waals surface area contributed by atoms with E-state index >= 15 is 0 Å². The number of benzene rings is 2. The highest BCUT2D eigenvalue weighted by Gasteiger charge is 2.23. The summed E-state index contributed by atoms with van der Waals surface area (Å²) in [5, 5.41) is 0. The minimum absolute atomic E-state index is 0.0157. The predicted octanol–water partition coefficient (Wildman–Crippen LogP) is 6.40. The summed E-state index contributed by atoms with van der Waals surface area (Å²) >= 11 is 0. The van der Waals surface area contributed by atoms with Gasteiger partial charge in [0, 0.05) is 30.9 Å². The van der Waals surface area contributed by atoms with Gasteiger partial charge in [-0.3, -0.25) is 9.59 Å². The van der Waals surface area contributed by atoms with E-state index in [1.165, 1.54) is 25.1 Å². The molecule has 6 heteroatoms. The molecule has 0 aromatic heterocycles. The summed E-state index contributed by atoms with van der Waals surface area (Å²) in [5.41, 5.74) is 1.95. The number of ketones is 2. The zero-order valence-electron chi connectivity index (χ0n) is 24.0. The molecule has 0 radical (unpaired) electrons. The van der Waals surface area contributed by atoms with Crippen LogP contribution in [0.5, 0.6) is 17.2 Å². The molecule has 0 aliphatic carbocycles. The molecule has 212 valence electrons. The second-order valence-electron chi connectivity index (χ2n) is 11.5. The molecule has 0 spiro atoms. The Bertz CT molecular complexity index is 1080. The third-order valence-corrected chi connectivity index (χ3v) is 8.22. The van der Waals surface area contributed by atoms with Gasteiger partial charge in [-0.1, -0.05) is 19.9 Å².